The highest BCUT2D eigenvalue weighted by Gasteiger charge is 2.04. The Kier molecular flexibility index (Phi) is 6.68. The minimum Gasteiger partial charge on any atom is -0.396 e. The normalized spacial score (nSPS) is 12.6. The number of aliphatic hydroxyl groups is 1. The number of aliphatic hydroxyl groups excluding tert-OH is 1. The van der Waals surface area contributed by atoms with E-state index in [1.165, 1.54) is 6.08 Å². The van der Waals surface area contributed by atoms with Crippen LogP contribution < -0.4 is 5.32 Å². The Hall–Kier alpha value is -1.13. The monoisotopic (exact) mass is 311 g/mol. The molecule has 2 N–H and O–H groups in total. The standard InChI is InChI=1S/C14H18BrNO2/c1-11(5-4-10-17)16-14(18)9-8-12-6-2-3-7-13(12)15/h2-3,6-9,11,17H,4-5,10H2,1H3,(H,16,18). The summed E-state index contributed by atoms with van der Waals surface area (Å²) in [5.41, 5.74) is 0.968. The lowest BCUT2D eigenvalue weighted by molar-refractivity contribution is -0.117. The van der Waals surface area contributed by atoms with Crippen LogP contribution >= 0.6 is 15.9 Å². The average molecular weight is 312 g/mol. The van der Waals surface area contributed by atoms with Gasteiger partial charge in [0.15, 0.2) is 0 Å². The Morgan fingerprint density at radius 2 is 2.22 bits per heavy atom. The quantitative estimate of drug-likeness (QED) is 0.794. The highest BCUT2D eigenvalue weighted by molar-refractivity contribution is 9.10. The zero-order valence-electron chi connectivity index (χ0n) is 10.4. The molecule has 0 aliphatic carbocycles. The van der Waals surface area contributed by atoms with Gasteiger partial charge in [0.25, 0.3) is 0 Å². The maximum Gasteiger partial charge on any atom is 0.244 e. The number of hydrogen-bond donors (Lipinski definition) is 2. The first kappa shape index (κ1) is 14.9. The average Bonchev–Trinajstić information content (AvgIpc) is 2.35. The van der Waals surface area contributed by atoms with E-state index in [0.29, 0.717) is 6.42 Å². The summed E-state index contributed by atoms with van der Waals surface area (Å²) in [5, 5.41) is 11.6. The third-order valence-electron chi connectivity index (χ3n) is 2.50. The van der Waals surface area contributed by atoms with E-state index in [1.54, 1.807) is 6.08 Å². The molecular weight excluding hydrogens is 294 g/mol. The number of rotatable bonds is 6. The molecule has 0 fully saturated rings. The molecule has 0 heterocycles. The van der Waals surface area contributed by atoms with Crippen LogP contribution in [-0.4, -0.2) is 23.7 Å². The van der Waals surface area contributed by atoms with Gasteiger partial charge in [-0.3, -0.25) is 4.79 Å². The lowest BCUT2D eigenvalue weighted by atomic mass is 10.2. The van der Waals surface area contributed by atoms with Crippen LogP contribution in [0.3, 0.4) is 0 Å². The number of carbonyl (C=O) groups excluding carboxylic acids is 1. The molecule has 0 saturated heterocycles. The summed E-state index contributed by atoms with van der Waals surface area (Å²) < 4.78 is 0.961. The summed E-state index contributed by atoms with van der Waals surface area (Å²) in [4.78, 5) is 11.6. The molecule has 1 unspecified atom stereocenters. The maximum absolute atomic E-state index is 11.6. The highest BCUT2D eigenvalue weighted by atomic mass is 79.9. The van der Waals surface area contributed by atoms with Gasteiger partial charge in [0.2, 0.25) is 5.91 Å². The van der Waals surface area contributed by atoms with Crippen LogP contribution in [0, 0.1) is 0 Å². The fraction of sp³-hybridized carbons (Fsp3) is 0.357. The molecule has 98 valence electrons. The molecule has 1 aromatic carbocycles. The van der Waals surface area contributed by atoms with Gasteiger partial charge < -0.3 is 10.4 Å². The molecule has 4 heteroatoms. The molecule has 0 radical (unpaired) electrons. The van der Waals surface area contributed by atoms with Gasteiger partial charge in [-0.15, -0.1) is 0 Å². The molecule has 18 heavy (non-hydrogen) atoms. The fourth-order valence-electron chi connectivity index (χ4n) is 1.54. The fourth-order valence-corrected chi connectivity index (χ4v) is 1.95. The second kappa shape index (κ2) is 8.06. The van der Waals surface area contributed by atoms with Crippen LogP contribution in [0.5, 0.6) is 0 Å². The Labute approximate surface area is 116 Å². The predicted molar refractivity (Wildman–Crippen MR) is 77.1 cm³/mol. The van der Waals surface area contributed by atoms with Crippen LogP contribution in [-0.2, 0) is 4.79 Å². The predicted octanol–water partition coefficient (Wildman–Crippen LogP) is 2.74. The van der Waals surface area contributed by atoms with Gasteiger partial charge in [0, 0.05) is 23.2 Å². The number of carbonyl (C=O) groups is 1. The molecule has 1 aromatic rings. The number of hydrogen-bond acceptors (Lipinski definition) is 2. The topological polar surface area (TPSA) is 49.3 Å². The third kappa shape index (κ3) is 5.47. The molecule has 0 aliphatic rings. The number of halogens is 1. The van der Waals surface area contributed by atoms with Crippen molar-refractivity contribution in [2.24, 2.45) is 0 Å². The molecule has 1 amide bonds. The molecule has 1 atom stereocenters. The van der Waals surface area contributed by atoms with Crippen molar-refractivity contribution in [3.63, 3.8) is 0 Å². The van der Waals surface area contributed by atoms with Crippen LogP contribution in [0.4, 0.5) is 0 Å². The summed E-state index contributed by atoms with van der Waals surface area (Å²) in [5.74, 6) is -0.115. The minimum atomic E-state index is -0.115. The second-order valence-electron chi connectivity index (χ2n) is 4.13. The molecule has 0 spiro atoms. The van der Waals surface area contributed by atoms with E-state index in [-0.39, 0.29) is 18.6 Å². The Morgan fingerprint density at radius 1 is 1.50 bits per heavy atom. The summed E-state index contributed by atoms with van der Waals surface area (Å²) in [7, 11) is 0. The van der Waals surface area contributed by atoms with Gasteiger partial charge in [-0.05, 0) is 37.5 Å². The van der Waals surface area contributed by atoms with Crippen LogP contribution in [0.2, 0.25) is 0 Å². The van der Waals surface area contributed by atoms with Crippen molar-refractivity contribution in [1.82, 2.24) is 5.32 Å². The van der Waals surface area contributed by atoms with E-state index < -0.39 is 0 Å². The smallest absolute Gasteiger partial charge is 0.244 e. The zero-order valence-corrected chi connectivity index (χ0v) is 12.0. The van der Waals surface area contributed by atoms with Gasteiger partial charge in [0.05, 0.1) is 0 Å². The van der Waals surface area contributed by atoms with Gasteiger partial charge >= 0.3 is 0 Å². The maximum atomic E-state index is 11.6. The van der Waals surface area contributed by atoms with Crippen LogP contribution in [0.15, 0.2) is 34.8 Å². The van der Waals surface area contributed by atoms with Crippen molar-refractivity contribution in [3.8, 4) is 0 Å². The van der Waals surface area contributed by atoms with Gasteiger partial charge in [-0.1, -0.05) is 34.1 Å². The summed E-state index contributed by atoms with van der Waals surface area (Å²) in [6.45, 7) is 2.09. The van der Waals surface area contributed by atoms with E-state index in [0.717, 1.165) is 16.5 Å². The molecule has 0 aliphatic heterocycles. The van der Waals surface area contributed by atoms with Crippen molar-refractivity contribution < 1.29 is 9.90 Å². The molecule has 3 nitrogen and oxygen atoms in total. The molecule has 0 aromatic heterocycles. The van der Waals surface area contributed by atoms with E-state index in [9.17, 15) is 4.79 Å². The first-order valence-electron chi connectivity index (χ1n) is 5.97. The Bertz CT molecular complexity index is 418. The van der Waals surface area contributed by atoms with Crippen molar-refractivity contribution in [2.45, 2.75) is 25.8 Å². The van der Waals surface area contributed by atoms with Gasteiger partial charge in [0.1, 0.15) is 0 Å². The third-order valence-corrected chi connectivity index (χ3v) is 3.23. The van der Waals surface area contributed by atoms with Crippen molar-refractivity contribution in [2.75, 3.05) is 6.61 Å². The first-order chi connectivity index (χ1) is 8.63. The van der Waals surface area contributed by atoms with Crippen LogP contribution in [0.1, 0.15) is 25.3 Å². The highest BCUT2D eigenvalue weighted by Crippen LogP contribution is 2.16. The zero-order chi connectivity index (χ0) is 13.4. The van der Waals surface area contributed by atoms with E-state index in [4.69, 9.17) is 5.11 Å². The number of nitrogens with one attached hydrogen (secondary N) is 1. The summed E-state index contributed by atoms with van der Waals surface area (Å²) in [6.07, 6.45) is 4.79. The van der Waals surface area contributed by atoms with Crippen molar-refractivity contribution >= 4 is 27.9 Å². The minimum absolute atomic E-state index is 0.0773. The van der Waals surface area contributed by atoms with Crippen molar-refractivity contribution in [1.29, 1.82) is 0 Å². The lowest BCUT2D eigenvalue weighted by Crippen LogP contribution is -2.31. The van der Waals surface area contributed by atoms with Gasteiger partial charge in [-0.2, -0.15) is 0 Å². The molecule has 0 bridgehead atoms. The van der Waals surface area contributed by atoms with E-state index in [1.807, 2.05) is 31.2 Å². The summed E-state index contributed by atoms with van der Waals surface area (Å²) in [6, 6.07) is 7.79. The number of benzene rings is 1. The lowest BCUT2D eigenvalue weighted by Gasteiger charge is -2.11. The summed E-state index contributed by atoms with van der Waals surface area (Å²) >= 11 is 3.42. The largest absolute Gasteiger partial charge is 0.396 e. The number of amides is 1. The Balaban J connectivity index is 2.47. The van der Waals surface area contributed by atoms with E-state index >= 15 is 0 Å². The van der Waals surface area contributed by atoms with Gasteiger partial charge in [-0.25, -0.2) is 0 Å². The molecule has 0 saturated carbocycles. The SMILES string of the molecule is CC(CCCO)NC(=O)C=Cc1ccccc1Br. The first-order valence-corrected chi connectivity index (χ1v) is 6.76. The van der Waals surface area contributed by atoms with Crippen LogP contribution in [0.25, 0.3) is 6.08 Å². The molecule has 1 rings (SSSR count). The molecular formula is C14H18BrNO2. The van der Waals surface area contributed by atoms with Crippen molar-refractivity contribution in [3.05, 3.63) is 40.4 Å². The Morgan fingerprint density at radius 3 is 2.89 bits per heavy atom. The van der Waals surface area contributed by atoms with E-state index in [2.05, 4.69) is 21.2 Å². The second-order valence-corrected chi connectivity index (χ2v) is 4.98.